The van der Waals surface area contributed by atoms with E-state index in [9.17, 15) is 9.59 Å². The van der Waals surface area contributed by atoms with Crippen LogP contribution in [-0.2, 0) is 22.6 Å². The molecule has 1 N–H and O–H groups in total. The first-order valence-corrected chi connectivity index (χ1v) is 10.3. The van der Waals surface area contributed by atoms with E-state index < -0.39 is 0 Å². The number of halogens is 1. The lowest BCUT2D eigenvalue weighted by atomic mass is 10.1. The lowest BCUT2D eigenvalue weighted by molar-refractivity contribution is -0.129. The molecule has 0 spiro atoms. The van der Waals surface area contributed by atoms with Crippen LogP contribution in [0.2, 0.25) is 0 Å². The summed E-state index contributed by atoms with van der Waals surface area (Å²) < 4.78 is 11.6. The molecule has 0 saturated carbocycles. The van der Waals surface area contributed by atoms with Crippen LogP contribution in [0.25, 0.3) is 0 Å². The van der Waals surface area contributed by atoms with Crippen LogP contribution in [-0.4, -0.2) is 44.0 Å². The van der Waals surface area contributed by atoms with Gasteiger partial charge in [0.2, 0.25) is 11.8 Å². The normalized spacial score (nSPS) is 16.0. The highest BCUT2D eigenvalue weighted by Crippen LogP contribution is 2.28. The van der Waals surface area contributed by atoms with E-state index in [1.54, 1.807) is 19.1 Å². The minimum absolute atomic E-state index is 0.0214. The first-order chi connectivity index (χ1) is 14.0. The third-order valence-electron chi connectivity index (χ3n) is 5.06. The minimum atomic E-state index is -0.306. The Bertz CT molecular complexity index is 887. The van der Waals surface area contributed by atoms with Gasteiger partial charge in [0.15, 0.2) is 11.5 Å². The summed E-state index contributed by atoms with van der Waals surface area (Å²) >= 11 is 3.43. The van der Waals surface area contributed by atoms with Gasteiger partial charge in [-0.15, -0.1) is 0 Å². The summed E-state index contributed by atoms with van der Waals surface area (Å²) in [5.41, 5.74) is 2.07. The lowest BCUT2D eigenvalue weighted by Gasteiger charge is -2.17. The summed E-state index contributed by atoms with van der Waals surface area (Å²) in [7, 11) is 3.20. The Hall–Kier alpha value is -2.54. The summed E-state index contributed by atoms with van der Waals surface area (Å²) in [6, 6.07) is 13.5. The van der Waals surface area contributed by atoms with Crippen molar-refractivity contribution < 1.29 is 19.1 Å². The summed E-state index contributed by atoms with van der Waals surface area (Å²) in [4.78, 5) is 26.6. The van der Waals surface area contributed by atoms with Crippen LogP contribution in [0, 0.1) is 5.92 Å². The molecule has 6 nitrogen and oxygen atoms in total. The van der Waals surface area contributed by atoms with E-state index in [0.29, 0.717) is 37.6 Å². The van der Waals surface area contributed by atoms with E-state index in [1.807, 2.05) is 42.5 Å². The molecule has 154 valence electrons. The summed E-state index contributed by atoms with van der Waals surface area (Å²) in [5.74, 6) is 0.985. The number of methoxy groups -OCH3 is 2. The van der Waals surface area contributed by atoms with Gasteiger partial charge < -0.3 is 19.7 Å². The summed E-state index contributed by atoms with van der Waals surface area (Å²) in [6.07, 6.45) is 0.953. The second kappa shape index (κ2) is 9.78. The van der Waals surface area contributed by atoms with Gasteiger partial charge in [0, 0.05) is 30.5 Å². The number of benzene rings is 2. The van der Waals surface area contributed by atoms with E-state index in [-0.39, 0.29) is 24.2 Å². The van der Waals surface area contributed by atoms with Crippen LogP contribution >= 0.6 is 15.9 Å². The van der Waals surface area contributed by atoms with Gasteiger partial charge in [-0.2, -0.15) is 0 Å². The number of carbonyl (C=O) groups is 2. The molecule has 1 atom stereocenters. The summed E-state index contributed by atoms with van der Waals surface area (Å²) in [5, 5.41) is 2.94. The first kappa shape index (κ1) is 21.2. The molecule has 2 aromatic carbocycles. The fraction of sp³-hybridized carbons (Fsp3) is 0.364. The third-order valence-corrected chi connectivity index (χ3v) is 5.55. The quantitative estimate of drug-likeness (QED) is 0.656. The Labute approximate surface area is 179 Å². The number of nitrogens with zero attached hydrogens (tertiary/aromatic N) is 1. The van der Waals surface area contributed by atoms with Gasteiger partial charge in [-0.05, 0) is 41.8 Å². The molecule has 1 saturated heterocycles. The highest BCUT2D eigenvalue weighted by molar-refractivity contribution is 9.10. The number of nitrogens with one attached hydrogen (secondary N) is 1. The largest absolute Gasteiger partial charge is 0.493 e. The maximum absolute atomic E-state index is 12.5. The minimum Gasteiger partial charge on any atom is -0.493 e. The maximum Gasteiger partial charge on any atom is 0.225 e. The molecule has 0 aromatic heterocycles. The summed E-state index contributed by atoms with van der Waals surface area (Å²) in [6.45, 7) is 1.48. The van der Waals surface area contributed by atoms with Crippen molar-refractivity contribution in [2.45, 2.75) is 19.4 Å². The number of likely N-dealkylation sites (tertiary alicyclic amines) is 1. The number of ether oxygens (including phenoxy) is 2. The molecule has 7 heteroatoms. The van der Waals surface area contributed by atoms with Gasteiger partial charge >= 0.3 is 0 Å². The average Bonchev–Trinajstić information content (AvgIpc) is 3.11. The zero-order chi connectivity index (χ0) is 20.8. The van der Waals surface area contributed by atoms with Crippen molar-refractivity contribution in [1.82, 2.24) is 10.2 Å². The molecular weight excluding hydrogens is 436 g/mol. The van der Waals surface area contributed by atoms with Crippen LogP contribution in [0.4, 0.5) is 0 Å². The monoisotopic (exact) mass is 460 g/mol. The number of hydrogen-bond donors (Lipinski definition) is 1. The molecule has 1 heterocycles. The Morgan fingerprint density at radius 2 is 1.93 bits per heavy atom. The van der Waals surface area contributed by atoms with Gasteiger partial charge in [-0.3, -0.25) is 9.59 Å². The highest BCUT2D eigenvalue weighted by Gasteiger charge is 2.33. The first-order valence-electron chi connectivity index (χ1n) is 9.51. The molecule has 0 aliphatic carbocycles. The average molecular weight is 461 g/mol. The van der Waals surface area contributed by atoms with Crippen LogP contribution in [0.3, 0.4) is 0 Å². The van der Waals surface area contributed by atoms with Crippen LogP contribution in [0.1, 0.15) is 17.5 Å². The molecule has 1 aliphatic rings. The predicted molar refractivity (Wildman–Crippen MR) is 114 cm³/mol. The van der Waals surface area contributed by atoms with E-state index >= 15 is 0 Å². The van der Waals surface area contributed by atoms with Crippen molar-refractivity contribution in [1.29, 1.82) is 0 Å². The van der Waals surface area contributed by atoms with Crippen LogP contribution < -0.4 is 14.8 Å². The van der Waals surface area contributed by atoms with Gasteiger partial charge in [0.25, 0.3) is 0 Å². The lowest BCUT2D eigenvalue weighted by Crippen LogP contribution is -2.33. The van der Waals surface area contributed by atoms with E-state index in [1.165, 1.54) is 0 Å². The number of carbonyl (C=O) groups excluding carboxylic acids is 2. The molecule has 3 rings (SSSR count). The Balaban J connectivity index is 1.51. The zero-order valence-electron chi connectivity index (χ0n) is 16.6. The molecule has 0 bridgehead atoms. The van der Waals surface area contributed by atoms with Crippen molar-refractivity contribution in [3.05, 3.63) is 58.1 Å². The van der Waals surface area contributed by atoms with Crippen molar-refractivity contribution in [3.63, 3.8) is 0 Å². The molecule has 1 fully saturated rings. The van der Waals surface area contributed by atoms with Gasteiger partial charge in [0.1, 0.15) is 0 Å². The van der Waals surface area contributed by atoms with Crippen molar-refractivity contribution in [2.24, 2.45) is 5.92 Å². The molecule has 2 aromatic rings. The fourth-order valence-corrected chi connectivity index (χ4v) is 3.89. The highest BCUT2D eigenvalue weighted by atomic mass is 79.9. The van der Waals surface area contributed by atoms with Crippen molar-refractivity contribution in [3.8, 4) is 11.5 Å². The topological polar surface area (TPSA) is 67.9 Å². The SMILES string of the molecule is COc1ccc(CCN2CC(C(=O)NCc3cccc(Br)c3)CC2=O)cc1OC. The second-order valence-corrected chi connectivity index (χ2v) is 7.94. The number of hydrogen-bond acceptors (Lipinski definition) is 4. The number of rotatable bonds is 8. The smallest absolute Gasteiger partial charge is 0.225 e. The van der Waals surface area contributed by atoms with Gasteiger partial charge in [-0.25, -0.2) is 0 Å². The fourth-order valence-electron chi connectivity index (χ4n) is 3.44. The predicted octanol–water partition coefficient (Wildman–Crippen LogP) is 3.17. The number of amides is 2. The Morgan fingerprint density at radius 1 is 1.14 bits per heavy atom. The Kier molecular flexibility index (Phi) is 7.14. The van der Waals surface area contributed by atoms with Crippen molar-refractivity contribution in [2.75, 3.05) is 27.3 Å². The Morgan fingerprint density at radius 3 is 2.66 bits per heavy atom. The van der Waals surface area contributed by atoms with E-state index in [4.69, 9.17) is 9.47 Å². The molecule has 1 aliphatic heterocycles. The van der Waals surface area contributed by atoms with Gasteiger partial charge in [-0.1, -0.05) is 34.1 Å². The zero-order valence-corrected chi connectivity index (χ0v) is 18.2. The molecular formula is C22H25BrN2O4. The molecule has 1 unspecified atom stereocenters. The van der Waals surface area contributed by atoms with Crippen molar-refractivity contribution >= 4 is 27.7 Å². The van der Waals surface area contributed by atoms with Gasteiger partial charge in [0.05, 0.1) is 20.1 Å². The standard InChI is InChI=1S/C22H25BrN2O4/c1-28-19-7-6-15(11-20(19)29-2)8-9-25-14-17(12-21(25)26)22(27)24-13-16-4-3-5-18(23)10-16/h3-7,10-11,17H,8-9,12-14H2,1-2H3,(H,24,27). The molecule has 29 heavy (non-hydrogen) atoms. The second-order valence-electron chi connectivity index (χ2n) is 7.03. The maximum atomic E-state index is 12.5. The van der Waals surface area contributed by atoms with Crippen LogP contribution in [0.15, 0.2) is 46.9 Å². The molecule has 2 amide bonds. The van der Waals surface area contributed by atoms with Crippen LogP contribution in [0.5, 0.6) is 11.5 Å². The van der Waals surface area contributed by atoms with E-state index in [0.717, 1.165) is 15.6 Å². The molecule has 0 radical (unpaired) electrons. The third kappa shape index (κ3) is 5.50. The van der Waals surface area contributed by atoms with E-state index in [2.05, 4.69) is 21.2 Å².